The maximum Gasteiger partial charge on any atom is 0.120 e. The van der Waals surface area contributed by atoms with Gasteiger partial charge in [-0.1, -0.05) is 50.0 Å². The van der Waals surface area contributed by atoms with Gasteiger partial charge in [0, 0.05) is 5.56 Å². The summed E-state index contributed by atoms with van der Waals surface area (Å²) in [6.45, 7) is 4.73. The van der Waals surface area contributed by atoms with Crippen LogP contribution in [-0.2, 0) is 6.61 Å². The van der Waals surface area contributed by atoms with Gasteiger partial charge in [-0.15, -0.1) is 0 Å². The summed E-state index contributed by atoms with van der Waals surface area (Å²) in [6.07, 6.45) is 0. The van der Waals surface area contributed by atoms with Gasteiger partial charge in [0.25, 0.3) is 0 Å². The molecule has 21 heavy (non-hydrogen) atoms. The minimum Gasteiger partial charge on any atom is -0.489 e. The van der Waals surface area contributed by atoms with E-state index in [0.29, 0.717) is 12.5 Å². The number of hydrogen-bond donors (Lipinski definition) is 1. The Morgan fingerprint density at radius 3 is 2.67 bits per heavy atom. The Hall–Kier alpha value is -2.24. The highest BCUT2D eigenvalue weighted by Crippen LogP contribution is 2.21. The second kappa shape index (κ2) is 7.52. The lowest BCUT2D eigenvalue weighted by molar-refractivity contribution is 0.306. The normalized spacial score (nSPS) is 10.1. The van der Waals surface area contributed by atoms with Crippen molar-refractivity contribution in [3.63, 3.8) is 0 Å². The summed E-state index contributed by atoms with van der Waals surface area (Å²) in [5, 5.41) is 8.72. The fraction of sp³-hybridized carbons (Fsp3) is 0.263. The van der Waals surface area contributed by atoms with E-state index in [0.717, 1.165) is 16.9 Å². The van der Waals surface area contributed by atoms with Gasteiger partial charge in [-0.2, -0.15) is 0 Å². The van der Waals surface area contributed by atoms with Crippen LogP contribution in [0.3, 0.4) is 0 Å². The highest BCUT2D eigenvalue weighted by atomic mass is 16.5. The second-order valence-corrected chi connectivity index (χ2v) is 5.18. The van der Waals surface area contributed by atoms with Gasteiger partial charge in [0.15, 0.2) is 0 Å². The summed E-state index contributed by atoms with van der Waals surface area (Å²) < 4.78 is 5.84. The number of aliphatic hydroxyl groups is 1. The molecule has 0 radical (unpaired) electrons. The van der Waals surface area contributed by atoms with Crippen LogP contribution in [-0.4, -0.2) is 11.7 Å². The monoisotopic (exact) mass is 280 g/mol. The quantitative estimate of drug-likeness (QED) is 0.865. The number of ether oxygens (including phenoxy) is 1. The largest absolute Gasteiger partial charge is 0.489 e. The summed E-state index contributed by atoms with van der Waals surface area (Å²) in [5.41, 5.74) is 3.23. The molecule has 2 aromatic carbocycles. The predicted molar refractivity (Wildman–Crippen MR) is 85.3 cm³/mol. The Morgan fingerprint density at radius 2 is 1.90 bits per heavy atom. The lowest BCUT2D eigenvalue weighted by atomic mass is 10.0. The van der Waals surface area contributed by atoms with Gasteiger partial charge < -0.3 is 9.84 Å². The van der Waals surface area contributed by atoms with Crippen LogP contribution in [0.5, 0.6) is 5.75 Å². The zero-order chi connectivity index (χ0) is 15.1. The molecule has 0 bridgehead atoms. The summed E-state index contributed by atoms with van der Waals surface area (Å²) in [7, 11) is 0. The van der Waals surface area contributed by atoms with E-state index in [1.807, 2.05) is 36.4 Å². The fourth-order valence-electron chi connectivity index (χ4n) is 2.01. The van der Waals surface area contributed by atoms with Gasteiger partial charge in [-0.25, -0.2) is 0 Å². The van der Waals surface area contributed by atoms with Crippen molar-refractivity contribution in [2.75, 3.05) is 6.61 Å². The molecule has 0 amide bonds. The van der Waals surface area contributed by atoms with Crippen molar-refractivity contribution in [1.29, 1.82) is 0 Å². The molecule has 2 aromatic rings. The van der Waals surface area contributed by atoms with Gasteiger partial charge >= 0.3 is 0 Å². The van der Waals surface area contributed by atoms with E-state index in [2.05, 4.69) is 37.8 Å². The lowest BCUT2D eigenvalue weighted by Crippen LogP contribution is -1.97. The van der Waals surface area contributed by atoms with Crippen LogP contribution in [0, 0.1) is 11.8 Å². The highest BCUT2D eigenvalue weighted by Gasteiger charge is 2.02. The molecule has 0 atom stereocenters. The van der Waals surface area contributed by atoms with Gasteiger partial charge in [0.05, 0.1) is 0 Å². The van der Waals surface area contributed by atoms with E-state index in [1.165, 1.54) is 5.56 Å². The van der Waals surface area contributed by atoms with E-state index in [1.54, 1.807) is 0 Å². The molecule has 0 unspecified atom stereocenters. The molecular weight excluding hydrogens is 260 g/mol. The molecule has 0 fully saturated rings. The summed E-state index contributed by atoms with van der Waals surface area (Å²) in [4.78, 5) is 0. The van der Waals surface area contributed by atoms with Crippen molar-refractivity contribution in [3.8, 4) is 17.6 Å². The third-order valence-corrected chi connectivity index (χ3v) is 3.17. The SMILES string of the molecule is CC(C)c1cccc(OCc2cccc(C#CCO)c2)c1. The van der Waals surface area contributed by atoms with Crippen molar-refractivity contribution in [2.45, 2.75) is 26.4 Å². The number of hydrogen-bond acceptors (Lipinski definition) is 2. The van der Waals surface area contributed by atoms with E-state index >= 15 is 0 Å². The molecule has 2 rings (SSSR count). The van der Waals surface area contributed by atoms with E-state index in [4.69, 9.17) is 9.84 Å². The Bertz CT molecular complexity index is 648. The molecular formula is C19H20O2. The molecule has 0 spiro atoms. The lowest BCUT2D eigenvalue weighted by Gasteiger charge is -2.10. The minimum absolute atomic E-state index is 0.122. The minimum atomic E-state index is -0.122. The molecule has 2 heteroatoms. The first-order valence-corrected chi connectivity index (χ1v) is 7.10. The first kappa shape index (κ1) is 15.2. The first-order chi connectivity index (χ1) is 10.2. The summed E-state index contributed by atoms with van der Waals surface area (Å²) >= 11 is 0. The number of rotatable bonds is 4. The standard InChI is InChI=1S/C19H20O2/c1-15(2)18-9-4-10-19(13-18)21-14-17-7-3-6-16(12-17)8-5-11-20/h3-4,6-7,9-10,12-13,15,20H,11,14H2,1-2H3. The van der Waals surface area contributed by atoms with Crippen molar-refractivity contribution in [1.82, 2.24) is 0 Å². The van der Waals surface area contributed by atoms with E-state index in [9.17, 15) is 0 Å². The van der Waals surface area contributed by atoms with Gasteiger partial charge in [0.1, 0.15) is 19.0 Å². The third kappa shape index (κ3) is 4.66. The zero-order valence-corrected chi connectivity index (χ0v) is 12.5. The van der Waals surface area contributed by atoms with Crippen LogP contribution in [0.4, 0.5) is 0 Å². The average molecular weight is 280 g/mol. The maximum absolute atomic E-state index is 8.72. The predicted octanol–water partition coefficient (Wildman–Crippen LogP) is 3.73. The fourth-order valence-corrected chi connectivity index (χ4v) is 2.01. The summed E-state index contributed by atoms with van der Waals surface area (Å²) in [5.74, 6) is 6.93. The molecule has 0 heterocycles. The van der Waals surface area contributed by atoms with Crippen LogP contribution in [0.1, 0.15) is 36.5 Å². The first-order valence-electron chi connectivity index (χ1n) is 7.10. The molecule has 0 saturated heterocycles. The second-order valence-electron chi connectivity index (χ2n) is 5.18. The Kier molecular flexibility index (Phi) is 5.43. The molecule has 1 N–H and O–H groups in total. The maximum atomic E-state index is 8.72. The average Bonchev–Trinajstić information content (AvgIpc) is 2.51. The molecule has 0 saturated carbocycles. The van der Waals surface area contributed by atoms with Crippen LogP contribution < -0.4 is 4.74 Å². The Balaban J connectivity index is 2.04. The molecule has 108 valence electrons. The van der Waals surface area contributed by atoms with Crippen molar-refractivity contribution in [3.05, 3.63) is 65.2 Å². The van der Waals surface area contributed by atoms with Crippen molar-refractivity contribution >= 4 is 0 Å². The van der Waals surface area contributed by atoms with Gasteiger partial charge in [-0.3, -0.25) is 0 Å². The highest BCUT2D eigenvalue weighted by molar-refractivity contribution is 5.37. The Labute approximate surface area is 126 Å². The van der Waals surface area contributed by atoms with Crippen molar-refractivity contribution < 1.29 is 9.84 Å². The third-order valence-electron chi connectivity index (χ3n) is 3.17. The number of benzene rings is 2. The topological polar surface area (TPSA) is 29.5 Å². The van der Waals surface area contributed by atoms with Gasteiger partial charge in [-0.05, 0) is 41.3 Å². The van der Waals surface area contributed by atoms with Crippen LogP contribution >= 0.6 is 0 Å². The Morgan fingerprint density at radius 1 is 1.10 bits per heavy atom. The van der Waals surface area contributed by atoms with Crippen LogP contribution in [0.25, 0.3) is 0 Å². The summed E-state index contributed by atoms with van der Waals surface area (Å²) in [6, 6.07) is 16.1. The van der Waals surface area contributed by atoms with Crippen LogP contribution in [0.15, 0.2) is 48.5 Å². The molecule has 0 aliphatic carbocycles. The number of aliphatic hydroxyl groups excluding tert-OH is 1. The molecule has 0 aromatic heterocycles. The van der Waals surface area contributed by atoms with Crippen molar-refractivity contribution in [2.24, 2.45) is 0 Å². The molecule has 0 aliphatic heterocycles. The van der Waals surface area contributed by atoms with Gasteiger partial charge in [0.2, 0.25) is 0 Å². The molecule has 0 aliphatic rings. The van der Waals surface area contributed by atoms with E-state index < -0.39 is 0 Å². The van der Waals surface area contributed by atoms with Crippen LogP contribution in [0.2, 0.25) is 0 Å². The smallest absolute Gasteiger partial charge is 0.120 e. The zero-order valence-electron chi connectivity index (χ0n) is 12.5. The molecule has 2 nitrogen and oxygen atoms in total. The van der Waals surface area contributed by atoms with E-state index in [-0.39, 0.29) is 6.61 Å².